The van der Waals surface area contributed by atoms with Gasteiger partial charge >= 0.3 is 0 Å². The van der Waals surface area contributed by atoms with Crippen LogP contribution in [0.5, 0.6) is 0 Å². The average Bonchev–Trinajstić information content (AvgIpc) is 2.89. The molecule has 1 saturated heterocycles. The van der Waals surface area contributed by atoms with E-state index in [9.17, 15) is 14.0 Å². The van der Waals surface area contributed by atoms with Gasteiger partial charge in [0.05, 0.1) is 6.20 Å². The largest absolute Gasteiger partial charge is 0.295 e. The number of carbonyl (C=O) groups is 2. The number of piperidine rings is 1. The van der Waals surface area contributed by atoms with Gasteiger partial charge in [-0.2, -0.15) is 0 Å². The number of rotatable bonds is 2. The molecule has 1 aromatic heterocycles. The van der Waals surface area contributed by atoms with E-state index in [0.29, 0.717) is 17.7 Å². The zero-order chi connectivity index (χ0) is 14.1. The summed E-state index contributed by atoms with van der Waals surface area (Å²) in [5.41, 5.74) is 1.26. The van der Waals surface area contributed by atoms with Gasteiger partial charge in [-0.3, -0.25) is 14.9 Å². The zero-order valence-electron chi connectivity index (χ0n) is 10.4. The second-order valence-corrected chi connectivity index (χ2v) is 4.56. The van der Waals surface area contributed by atoms with Crippen LogP contribution in [0.3, 0.4) is 0 Å². The number of nitrogens with zero attached hydrogens (tertiary/aromatic N) is 3. The predicted molar refractivity (Wildman–Crippen MR) is 66.8 cm³/mol. The Morgan fingerprint density at radius 3 is 2.70 bits per heavy atom. The van der Waals surface area contributed by atoms with Crippen molar-refractivity contribution in [2.75, 3.05) is 0 Å². The molecule has 1 N–H and O–H groups in total. The second-order valence-electron chi connectivity index (χ2n) is 4.56. The summed E-state index contributed by atoms with van der Waals surface area (Å²) in [5.74, 6) is -0.978. The van der Waals surface area contributed by atoms with Crippen molar-refractivity contribution in [3.05, 3.63) is 36.3 Å². The third-order valence-electron chi connectivity index (χ3n) is 3.18. The summed E-state index contributed by atoms with van der Waals surface area (Å²) in [4.78, 5) is 22.8. The van der Waals surface area contributed by atoms with Crippen LogP contribution in [0, 0.1) is 5.82 Å². The summed E-state index contributed by atoms with van der Waals surface area (Å²) in [6, 6.07) is 5.32. The Morgan fingerprint density at radius 1 is 1.25 bits per heavy atom. The molecule has 0 bridgehead atoms. The lowest BCUT2D eigenvalue weighted by atomic mass is 10.1. The van der Waals surface area contributed by atoms with Crippen LogP contribution >= 0.6 is 0 Å². The summed E-state index contributed by atoms with van der Waals surface area (Å²) in [6.07, 6.45) is 2.30. The molecule has 1 unspecified atom stereocenters. The Morgan fingerprint density at radius 2 is 2.00 bits per heavy atom. The molecule has 6 nitrogen and oxygen atoms in total. The predicted octanol–water partition coefficient (Wildman–Crippen LogP) is 1.06. The minimum Gasteiger partial charge on any atom is -0.295 e. The monoisotopic (exact) mass is 274 g/mol. The lowest BCUT2D eigenvalue weighted by Crippen LogP contribution is -2.41. The van der Waals surface area contributed by atoms with Crippen molar-refractivity contribution in [1.82, 2.24) is 20.3 Å². The maximum Gasteiger partial charge on any atom is 0.251 e. The van der Waals surface area contributed by atoms with Crippen LogP contribution in [-0.4, -0.2) is 26.8 Å². The first kappa shape index (κ1) is 12.5. The van der Waals surface area contributed by atoms with Crippen LogP contribution in [0.15, 0.2) is 30.5 Å². The summed E-state index contributed by atoms with van der Waals surface area (Å²) >= 11 is 0. The fourth-order valence-corrected chi connectivity index (χ4v) is 2.12. The smallest absolute Gasteiger partial charge is 0.251 e. The molecular weight excluding hydrogens is 263 g/mol. The average molecular weight is 274 g/mol. The molecule has 1 aromatic carbocycles. The quantitative estimate of drug-likeness (QED) is 0.831. The van der Waals surface area contributed by atoms with E-state index in [1.165, 1.54) is 16.8 Å². The molecule has 0 saturated carbocycles. The molecule has 2 heterocycles. The van der Waals surface area contributed by atoms with Gasteiger partial charge in [0, 0.05) is 12.0 Å². The van der Waals surface area contributed by atoms with Crippen LogP contribution in [0.25, 0.3) is 11.3 Å². The first-order chi connectivity index (χ1) is 9.63. The highest BCUT2D eigenvalue weighted by Gasteiger charge is 2.29. The van der Waals surface area contributed by atoms with Gasteiger partial charge in [0.25, 0.3) is 5.91 Å². The van der Waals surface area contributed by atoms with Crippen molar-refractivity contribution in [3.63, 3.8) is 0 Å². The van der Waals surface area contributed by atoms with Gasteiger partial charge in [0.1, 0.15) is 17.6 Å². The molecule has 1 fully saturated rings. The van der Waals surface area contributed by atoms with Crippen molar-refractivity contribution in [2.24, 2.45) is 0 Å². The first-order valence-corrected chi connectivity index (χ1v) is 6.15. The maximum atomic E-state index is 12.9. The van der Waals surface area contributed by atoms with Crippen LogP contribution in [0.4, 0.5) is 4.39 Å². The van der Waals surface area contributed by atoms with Gasteiger partial charge in [-0.15, -0.1) is 5.10 Å². The lowest BCUT2D eigenvalue weighted by Gasteiger charge is -2.20. The van der Waals surface area contributed by atoms with Gasteiger partial charge in [0.2, 0.25) is 5.91 Å². The number of hydrogen-bond acceptors (Lipinski definition) is 4. The van der Waals surface area contributed by atoms with E-state index >= 15 is 0 Å². The Bertz CT molecular complexity index is 665. The summed E-state index contributed by atoms with van der Waals surface area (Å²) < 4.78 is 14.3. The molecule has 1 aliphatic rings. The molecule has 0 radical (unpaired) electrons. The fourth-order valence-electron chi connectivity index (χ4n) is 2.12. The van der Waals surface area contributed by atoms with Crippen molar-refractivity contribution in [1.29, 1.82) is 0 Å². The second kappa shape index (κ2) is 4.84. The number of aromatic nitrogens is 3. The Kier molecular flexibility index (Phi) is 3.02. The molecule has 3 rings (SSSR count). The molecule has 2 amide bonds. The number of halogens is 1. The number of carbonyl (C=O) groups excluding carboxylic acids is 2. The van der Waals surface area contributed by atoms with Gasteiger partial charge in [-0.05, 0) is 30.7 Å². The van der Waals surface area contributed by atoms with E-state index < -0.39 is 6.04 Å². The first-order valence-electron chi connectivity index (χ1n) is 6.15. The zero-order valence-corrected chi connectivity index (χ0v) is 10.4. The molecule has 7 heteroatoms. The number of imide groups is 1. The highest BCUT2D eigenvalue weighted by atomic mass is 19.1. The molecule has 2 aromatic rings. The van der Waals surface area contributed by atoms with Crippen LogP contribution in [0.2, 0.25) is 0 Å². The van der Waals surface area contributed by atoms with Gasteiger partial charge in [0.15, 0.2) is 0 Å². The van der Waals surface area contributed by atoms with Gasteiger partial charge < -0.3 is 0 Å². The van der Waals surface area contributed by atoms with Gasteiger partial charge in [-0.1, -0.05) is 5.21 Å². The number of nitrogens with one attached hydrogen (secondary N) is 1. The number of benzene rings is 1. The Labute approximate surface area is 113 Å². The van der Waals surface area contributed by atoms with Crippen molar-refractivity contribution in [3.8, 4) is 11.3 Å². The van der Waals surface area contributed by atoms with E-state index in [0.717, 1.165) is 0 Å². The lowest BCUT2D eigenvalue weighted by molar-refractivity contribution is -0.136. The molecular formula is C13H11FN4O2. The molecule has 1 atom stereocenters. The van der Waals surface area contributed by atoms with Crippen molar-refractivity contribution in [2.45, 2.75) is 18.9 Å². The molecule has 0 aliphatic carbocycles. The normalized spacial score (nSPS) is 18.9. The van der Waals surface area contributed by atoms with Crippen LogP contribution < -0.4 is 5.32 Å². The van der Waals surface area contributed by atoms with Crippen LogP contribution in [0.1, 0.15) is 18.9 Å². The Hall–Kier alpha value is -2.57. The minimum absolute atomic E-state index is 0.273. The van der Waals surface area contributed by atoms with E-state index in [1.807, 2.05) is 0 Å². The van der Waals surface area contributed by atoms with Crippen LogP contribution in [-0.2, 0) is 9.59 Å². The standard InChI is InChI=1S/C13H11FN4O2/c14-9-3-1-8(2-4-9)10-7-18(17-16-10)11-5-6-12(19)15-13(11)20/h1-4,7,11H,5-6H2,(H,15,19,20). The van der Waals surface area contributed by atoms with E-state index in [-0.39, 0.29) is 24.1 Å². The number of amides is 2. The Balaban J connectivity index is 1.85. The summed E-state index contributed by atoms with van der Waals surface area (Å²) in [7, 11) is 0. The third-order valence-corrected chi connectivity index (χ3v) is 3.18. The number of hydrogen-bond donors (Lipinski definition) is 1. The summed E-state index contributed by atoms with van der Waals surface area (Å²) in [5, 5.41) is 10.2. The van der Waals surface area contributed by atoms with Crippen molar-refractivity contribution >= 4 is 11.8 Å². The highest BCUT2D eigenvalue weighted by molar-refractivity contribution is 5.99. The SMILES string of the molecule is O=C1CCC(n2cc(-c3ccc(F)cc3)nn2)C(=O)N1. The van der Waals surface area contributed by atoms with Gasteiger partial charge in [-0.25, -0.2) is 9.07 Å². The topological polar surface area (TPSA) is 76.9 Å². The minimum atomic E-state index is -0.533. The molecule has 102 valence electrons. The van der Waals surface area contributed by atoms with Crippen molar-refractivity contribution < 1.29 is 14.0 Å². The highest BCUT2D eigenvalue weighted by Crippen LogP contribution is 2.21. The fraction of sp³-hybridized carbons (Fsp3) is 0.231. The molecule has 0 spiro atoms. The third kappa shape index (κ3) is 2.29. The summed E-state index contributed by atoms with van der Waals surface area (Å²) in [6.45, 7) is 0. The molecule has 1 aliphatic heterocycles. The van der Waals surface area contributed by atoms with E-state index in [2.05, 4.69) is 15.6 Å². The van der Waals surface area contributed by atoms with E-state index in [4.69, 9.17) is 0 Å². The maximum absolute atomic E-state index is 12.9. The molecule has 20 heavy (non-hydrogen) atoms. The van der Waals surface area contributed by atoms with E-state index in [1.54, 1.807) is 18.3 Å².